The molecule has 0 radical (unpaired) electrons. The van der Waals surface area contributed by atoms with Gasteiger partial charge in [-0.2, -0.15) is 0 Å². The molecule has 0 amide bonds. The zero-order valence-electron chi connectivity index (χ0n) is 10.7. The average Bonchev–Trinajstić information content (AvgIpc) is 2.88. The van der Waals surface area contributed by atoms with Crippen molar-refractivity contribution in [1.82, 2.24) is 0 Å². The number of anilines is 1. The van der Waals surface area contributed by atoms with Crippen molar-refractivity contribution >= 4 is 28.6 Å². The van der Waals surface area contributed by atoms with Gasteiger partial charge in [-0.05, 0) is 54.1 Å². The first-order valence-corrected chi connectivity index (χ1v) is 7.82. The summed E-state index contributed by atoms with van der Waals surface area (Å²) in [5, 5.41) is 3.02. The molecule has 100 valence electrons. The van der Waals surface area contributed by atoms with Crippen LogP contribution in [0.5, 0.6) is 0 Å². The lowest BCUT2D eigenvalue weighted by Gasteiger charge is -2.29. The maximum Gasteiger partial charge on any atom is 0.0459 e. The number of halogens is 1. The van der Waals surface area contributed by atoms with Gasteiger partial charge in [-0.1, -0.05) is 17.7 Å². The topological polar surface area (TPSA) is 29.3 Å². The lowest BCUT2D eigenvalue weighted by atomic mass is 10.1. The van der Waals surface area contributed by atoms with Crippen LogP contribution in [-0.2, 0) is 19.4 Å². The van der Waals surface area contributed by atoms with E-state index >= 15 is 0 Å². The van der Waals surface area contributed by atoms with Crippen molar-refractivity contribution in [1.29, 1.82) is 0 Å². The van der Waals surface area contributed by atoms with E-state index in [0.29, 0.717) is 6.54 Å². The third-order valence-corrected chi connectivity index (χ3v) is 5.00. The summed E-state index contributed by atoms with van der Waals surface area (Å²) in [5.74, 6) is 0. The maximum absolute atomic E-state index is 6.33. The van der Waals surface area contributed by atoms with Gasteiger partial charge in [0, 0.05) is 28.7 Å². The Balaban J connectivity index is 1.82. The van der Waals surface area contributed by atoms with E-state index in [0.717, 1.165) is 36.5 Å². The van der Waals surface area contributed by atoms with Crippen LogP contribution in [0.25, 0.3) is 0 Å². The van der Waals surface area contributed by atoms with Crippen LogP contribution in [0.4, 0.5) is 5.69 Å². The normalized spacial score (nSPS) is 14.5. The second-order valence-corrected chi connectivity index (χ2v) is 6.26. The predicted molar refractivity (Wildman–Crippen MR) is 83.3 cm³/mol. The zero-order valence-corrected chi connectivity index (χ0v) is 12.3. The molecule has 3 rings (SSSR count). The second-order valence-electron chi connectivity index (χ2n) is 4.85. The fourth-order valence-electron chi connectivity index (χ4n) is 2.56. The van der Waals surface area contributed by atoms with E-state index in [9.17, 15) is 0 Å². The summed E-state index contributed by atoms with van der Waals surface area (Å²) in [5.41, 5.74) is 9.39. The Morgan fingerprint density at radius 2 is 2.21 bits per heavy atom. The summed E-state index contributed by atoms with van der Waals surface area (Å²) in [6.07, 6.45) is 1.98. The molecule has 0 saturated carbocycles. The molecule has 0 spiro atoms. The van der Waals surface area contributed by atoms with E-state index in [1.807, 2.05) is 11.3 Å². The molecule has 19 heavy (non-hydrogen) atoms. The van der Waals surface area contributed by atoms with Crippen LogP contribution in [0.15, 0.2) is 29.6 Å². The number of rotatable bonds is 3. The van der Waals surface area contributed by atoms with E-state index in [2.05, 4.69) is 34.5 Å². The summed E-state index contributed by atoms with van der Waals surface area (Å²) in [4.78, 5) is 3.93. The Kier molecular flexibility index (Phi) is 3.78. The van der Waals surface area contributed by atoms with E-state index in [1.54, 1.807) is 0 Å². The molecule has 0 fully saturated rings. The highest BCUT2D eigenvalue weighted by molar-refractivity contribution is 7.10. The van der Waals surface area contributed by atoms with E-state index < -0.39 is 0 Å². The molecule has 1 aliphatic heterocycles. The number of nitrogens with two attached hydrogens (primary N) is 1. The van der Waals surface area contributed by atoms with Gasteiger partial charge in [0.05, 0.1) is 0 Å². The molecule has 4 heteroatoms. The van der Waals surface area contributed by atoms with Crippen molar-refractivity contribution in [3.8, 4) is 0 Å². The van der Waals surface area contributed by atoms with Crippen LogP contribution in [0, 0.1) is 0 Å². The Bertz CT molecular complexity index is 579. The van der Waals surface area contributed by atoms with Crippen LogP contribution in [0.1, 0.15) is 16.0 Å². The number of fused-ring (bicyclic) bond motifs is 1. The summed E-state index contributed by atoms with van der Waals surface area (Å²) < 4.78 is 0. The van der Waals surface area contributed by atoms with Gasteiger partial charge in [0.2, 0.25) is 0 Å². The van der Waals surface area contributed by atoms with Crippen molar-refractivity contribution in [2.45, 2.75) is 19.4 Å². The summed E-state index contributed by atoms with van der Waals surface area (Å²) in [6.45, 7) is 2.70. The van der Waals surface area contributed by atoms with Crippen molar-refractivity contribution in [3.05, 3.63) is 50.7 Å². The van der Waals surface area contributed by atoms with Gasteiger partial charge in [-0.25, -0.2) is 0 Å². The highest BCUT2D eigenvalue weighted by Crippen LogP contribution is 2.30. The predicted octanol–water partition coefficient (Wildman–Crippen LogP) is 3.47. The van der Waals surface area contributed by atoms with Crippen LogP contribution in [0.3, 0.4) is 0 Å². The molecule has 0 saturated heterocycles. The average molecular weight is 293 g/mol. The number of nitrogens with zero attached hydrogens (tertiary/aromatic N) is 1. The molecular weight excluding hydrogens is 276 g/mol. The highest BCUT2D eigenvalue weighted by atomic mass is 35.5. The first-order chi connectivity index (χ1) is 9.28. The Morgan fingerprint density at radius 1 is 1.32 bits per heavy atom. The quantitative estimate of drug-likeness (QED) is 0.939. The molecule has 2 nitrogen and oxygen atoms in total. The van der Waals surface area contributed by atoms with Crippen molar-refractivity contribution in [2.24, 2.45) is 5.73 Å². The van der Waals surface area contributed by atoms with Crippen LogP contribution >= 0.6 is 22.9 Å². The summed E-state index contributed by atoms with van der Waals surface area (Å²) in [6, 6.07) is 8.57. The molecule has 2 heterocycles. The molecular formula is C15H17ClN2S. The number of hydrogen-bond donors (Lipinski definition) is 1. The first kappa shape index (κ1) is 13.0. The van der Waals surface area contributed by atoms with Gasteiger partial charge < -0.3 is 10.6 Å². The van der Waals surface area contributed by atoms with Crippen molar-refractivity contribution in [3.63, 3.8) is 0 Å². The van der Waals surface area contributed by atoms with E-state index in [4.69, 9.17) is 17.3 Å². The largest absolute Gasteiger partial charge is 0.367 e. The first-order valence-electron chi connectivity index (χ1n) is 6.56. The van der Waals surface area contributed by atoms with Gasteiger partial charge >= 0.3 is 0 Å². The van der Waals surface area contributed by atoms with E-state index in [1.165, 1.54) is 16.1 Å². The van der Waals surface area contributed by atoms with Crippen LogP contribution in [-0.4, -0.2) is 13.1 Å². The van der Waals surface area contributed by atoms with Gasteiger partial charge in [-0.3, -0.25) is 0 Å². The fourth-order valence-corrected chi connectivity index (χ4v) is 3.72. The van der Waals surface area contributed by atoms with Crippen molar-refractivity contribution in [2.75, 3.05) is 18.0 Å². The standard InChI is InChI=1S/C15H17ClN2S/c16-14-9-13(2-1-11(14)3-6-17)18-7-4-15-12(10-18)5-8-19-15/h1-2,5,8-9H,3-4,6-7,10,17H2. The lowest BCUT2D eigenvalue weighted by molar-refractivity contribution is 0.743. The number of hydrogen-bond acceptors (Lipinski definition) is 3. The monoisotopic (exact) mass is 292 g/mol. The highest BCUT2D eigenvalue weighted by Gasteiger charge is 2.17. The molecule has 0 bridgehead atoms. The summed E-state index contributed by atoms with van der Waals surface area (Å²) >= 11 is 8.19. The smallest absolute Gasteiger partial charge is 0.0459 e. The van der Waals surface area contributed by atoms with Gasteiger partial charge in [0.25, 0.3) is 0 Å². The number of thiophene rings is 1. The Morgan fingerprint density at radius 3 is 3.00 bits per heavy atom. The minimum absolute atomic E-state index is 0.640. The van der Waals surface area contributed by atoms with Gasteiger partial charge in [0.1, 0.15) is 0 Å². The molecule has 1 aromatic heterocycles. The molecule has 0 atom stereocenters. The minimum atomic E-state index is 0.640. The van der Waals surface area contributed by atoms with E-state index in [-0.39, 0.29) is 0 Å². The summed E-state index contributed by atoms with van der Waals surface area (Å²) in [7, 11) is 0. The molecule has 0 aliphatic carbocycles. The SMILES string of the molecule is NCCc1ccc(N2CCc3sccc3C2)cc1Cl. The maximum atomic E-state index is 6.33. The molecule has 1 aliphatic rings. The fraction of sp³-hybridized carbons (Fsp3) is 0.333. The molecule has 1 aromatic carbocycles. The lowest BCUT2D eigenvalue weighted by Crippen LogP contribution is -2.29. The number of benzene rings is 1. The van der Waals surface area contributed by atoms with Crippen molar-refractivity contribution < 1.29 is 0 Å². The molecule has 2 aromatic rings. The Hall–Kier alpha value is -1.03. The second kappa shape index (κ2) is 5.53. The zero-order chi connectivity index (χ0) is 13.2. The minimum Gasteiger partial charge on any atom is -0.367 e. The molecule has 0 unspecified atom stereocenters. The van der Waals surface area contributed by atoms with Crippen LogP contribution in [0.2, 0.25) is 5.02 Å². The third kappa shape index (κ3) is 2.64. The Labute approximate surface area is 122 Å². The van der Waals surface area contributed by atoms with Gasteiger partial charge in [0.15, 0.2) is 0 Å². The van der Waals surface area contributed by atoms with Gasteiger partial charge in [-0.15, -0.1) is 11.3 Å². The third-order valence-electron chi connectivity index (χ3n) is 3.62. The molecule has 2 N–H and O–H groups in total. The van der Waals surface area contributed by atoms with Crippen LogP contribution < -0.4 is 10.6 Å².